The fourth-order valence-electron chi connectivity index (χ4n) is 2.47. The summed E-state index contributed by atoms with van der Waals surface area (Å²) in [6.45, 7) is 3.79. The Morgan fingerprint density at radius 2 is 1.61 bits per heavy atom. The van der Waals surface area contributed by atoms with E-state index < -0.39 is 12.5 Å². The number of nitrogen functional groups attached to an aromatic ring is 2. The summed E-state index contributed by atoms with van der Waals surface area (Å²) in [4.78, 5) is 1.51. The molecule has 0 aliphatic rings. The SMILES string of the molecule is CC(O)N(c1ccc(NCc2cc(N)ccc2N)cc1)C(C)O. The molecule has 0 radical (unpaired) electrons. The molecule has 7 N–H and O–H groups in total. The predicted octanol–water partition coefficient (Wildman–Crippen LogP) is 1.95. The van der Waals surface area contributed by atoms with Gasteiger partial charge >= 0.3 is 0 Å². The van der Waals surface area contributed by atoms with Crippen molar-refractivity contribution in [3.63, 3.8) is 0 Å². The number of rotatable bonds is 6. The van der Waals surface area contributed by atoms with Crippen molar-refractivity contribution in [2.75, 3.05) is 21.7 Å². The third-order valence-corrected chi connectivity index (χ3v) is 3.62. The van der Waals surface area contributed by atoms with Gasteiger partial charge in [-0.3, -0.25) is 0 Å². The number of benzene rings is 2. The molecule has 0 amide bonds. The summed E-state index contributed by atoms with van der Waals surface area (Å²) in [6, 6.07) is 12.9. The van der Waals surface area contributed by atoms with Crippen LogP contribution in [-0.2, 0) is 6.54 Å². The van der Waals surface area contributed by atoms with E-state index >= 15 is 0 Å². The Morgan fingerprint density at radius 1 is 1.00 bits per heavy atom. The van der Waals surface area contributed by atoms with Crippen LogP contribution in [0.3, 0.4) is 0 Å². The largest absolute Gasteiger partial charge is 0.399 e. The number of nitrogens with zero attached hydrogens (tertiary/aromatic N) is 1. The fraction of sp³-hybridized carbons (Fsp3) is 0.294. The van der Waals surface area contributed by atoms with Crippen LogP contribution in [0.2, 0.25) is 0 Å². The highest BCUT2D eigenvalue weighted by atomic mass is 16.3. The standard InChI is InChI=1S/C17H24N4O2/c1-11(22)21(12(2)23)16-6-4-15(5-7-16)20-10-13-9-14(18)3-8-17(13)19/h3-9,11-12,20,22-23H,10,18-19H2,1-2H3. The zero-order valence-electron chi connectivity index (χ0n) is 13.4. The lowest BCUT2D eigenvalue weighted by Crippen LogP contribution is -2.40. The summed E-state index contributed by atoms with van der Waals surface area (Å²) >= 11 is 0. The molecular weight excluding hydrogens is 292 g/mol. The minimum atomic E-state index is -0.777. The lowest BCUT2D eigenvalue weighted by molar-refractivity contribution is 0.105. The third kappa shape index (κ3) is 4.28. The number of hydrogen-bond donors (Lipinski definition) is 5. The van der Waals surface area contributed by atoms with Crippen LogP contribution in [0.1, 0.15) is 19.4 Å². The first-order valence-corrected chi connectivity index (χ1v) is 7.50. The van der Waals surface area contributed by atoms with E-state index in [1.807, 2.05) is 30.3 Å². The van der Waals surface area contributed by atoms with E-state index in [-0.39, 0.29) is 0 Å². The monoisotopic (exact) mass is 316 g/mol. The second-order valence-electron chi connectivity index (χ2n) is 5.53. The van der Waals surface area contributed by atoms with Crippen LogP contribution in [0.5, 0.6) is 0 Å². The van der Waals surface area contributed by atoms with Crippen LogP contribution < -0.4 is 21.7 Å². The van der Waals surface area contributed by atoms with E-state index in [2.05, 4.69) is 5.32 Å². The summed E-state index contributed by atoms with van der Waals surface area (Å²) in [7, 11) is 0. The van der Waals surface area contributed by atoms with Crippen molar-refractivity contribution < 1.29 is 10.2 Å². The lowest BCUT2D eigenvalue weighted by atomic mass is 10.1. The number of aliphatic hydroxyl groups excluding tert-OH is 2. The molecule has 124 valence electrons. The topological polar surface area (TPSA) is 108 Å². The maximum atomic E-state index is 9.74. The molecule has 0 saturated carbocycles. The van der Waals surface area contributed by atoms with Gasteiger partial charge in [0, 0.05) is 29.3 Å². The molecule has 6 nitrogen and oxygen atoms in total. The molecule has 0 heterocycles. The zero-order chi connectivity index (χ0) is 17.0. The molecule has 2 aromatic rings. The van der Waals surface area contributed by atoms with Crippen LogP contribution >= 0.6 is 0 Å². The van der Waals surface area contributed by atoms with Gasteiger partial charge in [-0.1, -0.05) is 0 Å². The molecule has 0 aliphatic heterocycles. The first-order chi connectivity index (χ1) is 10.9. The molecule has 0 saturated heterocycles. The first-order valence-electron chi connectivity index (χ1n) is 7.50. The van der Waals surface area contributed by atoms with Gasteiger partial charge < -0.3 is 31.9 Å². The van der Waals surface area contributed by atoms with Crippen molar-refractivity contribution in [3.05, 3.63) is 48.0 Å². The van der Waals surface area contributed by atoms with E-state index in [9.17, 15) is 10.2 Å². The van der Waals surface area contributed by atoms with Gasteiger partial charge in [0.15, 0.2) is 0 Å². The van der Waals surface area contributed by atoms with Gasteiger partial charge in [-0.05, 0) is 61.9 Å². The van der Waals surface area contributed by atoms with E-state index in [1.54, 1.807) is 26.0 Å². The molecule has 6 heteroatoms. The Bertz CT molecular complexity index is 634. The van der Waals surface area contributed by atoms with Gasteiger partial charge in [0.2, 0.25) is 0 Å². The smallest absolute Gasteiger partial charge is 0.126 e. The van der Waals surface area contributed by atoms with Gasteiger partial charge in [0.25, 0.3) is 0 Å². The van der Waals surface area contributed by atoms with Crippen LogP contribution in [0.25, 0.3) is 0 Å². The molecule has 2 unspecified atom stereocenters. The third-order valence-electron chi connectivity index (χ3n) is 3.62. The van der Waals surface area contributed by atoms with Crippen LogP contribution in [0, 0.1) is 0 Å². The highest BCUT2D eigenvalue weighted by Crippen LogP contribution is 2.22. The molecule has 0 aliphatic carbocycles. The number of nitrogens with two attached hydrogens (primary N) is 2. The number of nitrogens with one attached hydrogen (secondary N) is 1. The van der Waals surface area contributed by atoms with Gasteiger partial charge in [-0.15, -0.1) is 0 Å². The zero-order valence-corrected chi connectivity index (χ0v) is 13.4. The molecular formula is C17H24N4O2. The van der Waals surface area contributed by atoms with Gasteiger partial charge in [0.05, 0.1) is 0 Å². The van der Waals surface area contributed by atoms with Gasteiger partial charge in [-0.2, -0.15) is 0 Å². The van der Waals surface area contributed by atoms with E-state index in [0.717, 1.165) is 16.9 Å². The van der Waals surface area contributed by atoms with E-state index in [1.165, 1.54) is 4.90 Å². The molecule has 0 aromatic heterocycles. The average molecular weight is 316 g/mol. The number of anilines is 4. The van der Waals surface area contributed by atoms with Crippen LogP contribution in [0.4, 0.5) is 22.7 Å². The second kappa shape index (κ2) is 7.21. The summed E-state index contributed by atoms with van der Waals surface area (Å²) < 4.78 is 0. The molecule has 2 rings (SSSR count). The minimum Gasteiger partial charge on any atom is -0.399 e. The first kappa shape index (κ1) is 16.9. The van der Waals surface area contributed by atoms with E-state index in [4.69, 9.17) is 11.5 Å². The highest BCUT2D eigenvalue weighted by molar-refractivity contribution is 5.59. The van der Waals surface area contributed by atoms with Crippen molar-refractivity contribution in [2.24, 2.45) is 0 Å². The van der Waals surface area contributed by atoms with Gasteiger partial charge in [-0.25, -0.2) is 0 Å². The highest BCUT2D eigenvalue weighted by Gasteiger charge is 2.16. The van der Waals surface area contributed by atoms with Crippen LogP contribution in [0.15, 0.2) is 42.5 Å². The lowest BCUT2D eigenvalue weighted by Gasteiger charge is -2.30. The fourth-order valence-corrected chi connectivity index (χ4v) is 2.47. The molecule has 0 bridgehead atoms. The van der Waals surface area contributed by atoms with Crippen molar-refractivity contribution in [3.8, 4) is 0 Å². The molecule has 2 atom stereocenters. The number of aliphatic hydroxyl groups is 2. The average Bonchev–Trinajstić information content (AvgIpc) is 2.49. The summed E-state index contributed by atoms with van der Waals surface area (Å²) in [5, 5.41) is 22.8. The van der Waals surface area contributed by atoms with Crippen molar-refractivity contribution in [1.82, 2.24) is 0 Å². The van der Waals surface area contributed by atoms with Crippen molar-refractivity contribution >= 4 is 22.7 Å². The second-order valence-corrected chi connectivity index (χ2v) is 5.53. The predicted molar refractivity (Wildman–Crippen MR) is 94.9 cm³/mol. The molecule has 2 aromatic carbocycles. The minimum absolute atomic E-state index is 0.562. The Morgan fingerprint density at radius 3 is 2.17 bits per heavy atom. The summed E-state index contributed by atoms with van der Waals surface area (Å²) in [5.74, 6) is 0. The Kier molecular flexibility index (Phi) is 5.31. The Labute approximate surface area is 136 Å². The maximum absolute atomic E-state index is 9.74. The summed E-state index contributed by atoms with van der Waals surface area (Å²) in [5.41, 5.74) is 15.6. The Hall–Kier alpha value is -2.44. The molecule has 0 spiro atoms. The molecule has 0 fully saturated rings. The van der Waals surface area contributed by atoms with Crippen molar-refractivity contribution in [2.45, 2.75) is 32.8 Å². The van der Waals surface area contributed by atoms with E-state index in [0.29, 0.717) is 17.9 Å². The van der Waals surface area contributed by atoms with Gasteiger partial charge in [0.1, 0.15) is 12.5 Å². The molecule has 23 heavy (non-hydrogen) atoms. The normalized spacial score (nSPS) is 13.4. The number of hydrogen-bond acceptors (Lipinski definition) is 6. The quantitative estimate of drug-likeness (QED) is 0.412. The van der Waals surface area contributed by atoms with Crippen LogP contribution in [-0.4, -0.2) is 22.7 Å². The Balaban J connectivity index is 2.06. The van der Waals surface area contributed by atoms with Crippen molar-refractivity contribution in [1.29, 1.82) is 0 Å². The maximum Gasteiger partial charge on any atom is 0.126 e. The summed E-state index contributed by atoms with van der Waals surface area (Å²) in [6.07, 6.45) is -1.55.